The van der Waals surface area contributed by atoms with Crippen molar-refractivity contribution >= 4 is 23.5 Å². The van der Waals surface area contributed by atoms with Crippen LogP contribution in [0.5, 0.6) is 0 Å². The Balaban J connectivity index is 2.24. The van der Waals surface area contributed by atoms with Crippen LogP contribution >= 0.6 is 0 Å². The van der Waals surface area contributed by atoms with E-state index in [0.29, 0.717) is 11.3 Å². The van der Waals surface area contributed by atoms with Gasteiger partial charge in [-0.3, -0.25) is 19.6 Å². The third kappa shape index (κ3) is 5.64. The number of nitrogens with zero attached hydrogens (tertiary/aromatic N) is 2. The largest absolute Gasteiger partial charge is 0.481 e. The first-order valence-electron chi connectivity index (χ1n) is 8.96. The fourth-order valence-corrected chi connectivity index (χ4v) is 2.98. The Labute approximate surface area is 168 Å². The maximum absolute atomic E-state index is 12.9. The highest BCUT2D eigenvalue weighted by Gasteiger charge is 2.29. The zero-order chi connectivity index (χ0) is 21.4. The zero-order valence-electron chi connectivity index (χ0n) is 15.8. The highest BCUT2D eigenvalue weighted by atomic mass is 16.5. The van der Waals surface area contributed by atoms with Crippen LogP contribution in [0.25, 0.3) is 11.1 Å². The highest BCUT2D eigenvalue weighted by Crippen LogP contribution is 2.25. The van der Waals surface area contributed by atoms with Gasteiger partial charge >= 0.3 is 5.97 Å². The number of carboxylic acid groups (broad SMARTS) is 1. The second-order valence-electron chi connectivity index (χ2n) is 6.35. The van der Waals surface area contributed by atoms with Crippen molar-refractivity contribution in [1.29, 1.82) is 5.26 Å². The summed E-state index contributed by atoms with van der Waals surface area (Å²) in [5.41, 5.74) is 4.36. The van der Waals surface area contributed by atoms with Crippen molar-refractivity contribution in [3.63, 3.8) is 0 Å². The number of hydroxylamine groups is 1. The zero-order valence-corrected chi connectivity index (χ0v) is 15.8. The molecule has 0 spiro atoms. The predicted octanol–water partition coefficient (Wildman–Crippen LogP) is 2.56. The van der Waals surface area contributed by atoms with Crippen molar-refractivity contribution in [3.05, 3.63) is 54.1 Å². The van der Waals surface area contributed by atoms with Gasteiger partial charge in [-0.25, -0.2) is 5.48 Å². The first-order valence-corrected chi connectivity index (χ1v) is 8.96. The topological polar surface area (TPSA) is 131 Å². The average Bonchev–Trinajstić information content (AvgIpc) is 2.73. The summed E-state index contributed by atoms with van der Waals surface area (Å²) in [5, 5.41) is 26.6. The molecule has 2 aromatic carbocycles. The lowest BCUT2D eigenvalue weighted by molar-refractivity contribution is -0.142. The molecule has 0 aliphatic heterocycles. The molecular formula is C21H21N3O5. The first-order chi connectivity index (χ1) is 13.9. The molecule has 1 unspecified atom stereocenters. The minimum absolute atomic E-state index is 0.284. The lowest BCUT2D eigenvalue weighted by Gasteiger charge is -2.25. The van der Waals surface area contributed by atoms with E-state index in [9.17, 15) is 14.4 Å². The standard InChI is InChI=1S/C21H21N3O5/c1-2-24(21(28)17(12-20(26)27)11-19(25)23-29)18-9-7-16(8-10-18)15-5-3-14(13-22)4-6-15/h3-10,17,29H,2,11-12H2,1H3,(H,23,25)(H,26,27). The van der Waals surface area contributed by atoms with Gasteiger partial charge in [0.1, 0.15) is 0 Å². The van der Waals surface area contributed by atoms with E-state index in [4.69, 9.17) is 15.6 Å². The van der Waals surface area contributed by atoms with Crippen LogP contribution in [0, 0.1) is 17.2 Å². The van der Waals surface area contributed by atoms with Crippen LogP contribution in [0.3, 0.4) is 0 Å². The molecule has 3 N–H and O–H groups in total. The molecule has 0 fully saturated rings. The normalized spacial score (nSPS) is 11.2. The van der Waals surface area contributed by atoms with Gasteiger partial charge in [-0.1, -0.05) is 24.3 Å². The van der Waals surface area contributed by atoms with E-state index in [1.54, 1.807) is 31.2 Å². The summed E-state index contributed by atoms with van der Waals surface area (Å²) >= 11 is 0. The number of benzene rings is 2. The summed E-state index contributed by atoms with van der Waals surface area (Å²) in [6.45, 7) is 2.03. The number of amides is 2. The minimum Gasteiger partial charge on any atom is -0.481 e. The minimum atomic E-state index is -1.21. The van der Waals surface area contributed by atoms with E-state index in [-0.39, 0.29) is 6.54 Å². The molecule has 0 heterocycles. The van der Waals surface area contributed by atoms with Gasteiger partial charge in [0, 0.05) is 18.7 Å². The van der Waals surface area contributed by atoms with E-state index >= 15 is 0 Å². The number of hydrogen-bond donors (Lipinski definition) is 3. The predicted molar refractivity (Wildman–Crippen MR) is 105 cm³/mol. The van der Waals surface area contributed by atoms with Crippen molar-refractivity contribution in [1.82, 2.24) is 5.48 Å². The Kier molecular flexibility index (Phi) is 7.46. The number of hydrogen-bond acceptors (Lipinski definition) is 5. The summed E-state index contributed by atoms with van der Waals surface area (Å²) in [4.78, 5) is 36.8. The van der Waals surface area contributed by atoms with Gasteiger partial charge in [0.15, 0.2) is 0 Å². The monoisotopic (exact) mass is 395 g/mol. The number of nitrogens with one attached hydrogen (secondary N) is 1. The Bertz CT molecular complexity index is 917. The van der Waals surface area contributed by atoms with Crippen LogP contribution in [-0.4, -0.2) is 34.6 Å². The maximum Gasteiger partial charge on any atom is 0.304 e. The Morgan fingerprint density at radius 3 is 2.03 bits per heavy atom. The SMILES string of the molecule is CCN(C(=O)C(CC(=O)O)CC(=O)NO)c1ccc(-c2ccc(C#N)cc2)cc1. The second-order valence-corrected chi connectivity index (χ2v) is 6.35. The smallest absolute Gasteiger partial charge is 0.304 e. The molecule has 150 valence electrons. The number of carboxylic acids is 1. The maximum atomic E-state index is 12.9. The van der Waals surface area contributed by atoms with Crippen LogP contribution < -0.4 is 10.4 Å². The highest BCUT2D eigenvalue weighted by molar-refractivity contribution is 5.98. The molecule has 0 saturated heterocycles. The van der Waals surface area contributed by atoms with Gasteiger partial charge in [0.2, 0.25) is 11.8 Å². The quantitative estimate of drug-likeness (QED) is 0.465. The molecule has 1 atom stereocenters. The van der Waals surface area contributed by atoms with Crippen molar-refractivity contribution in [2.45, 2.75) is 19.8 Å². The Morgan fingerprint density at radius 2 is 1.59 bits per heavy atom. The van der Waals surface area contributed by atoms with Crippen LogP contribution in [0.4, 0.5) is 5.69 Å². The molecule has 0 bridgehead atoms. The number of aliphatic carboxylic acids is 1. The number of rotatable bonds is 8. The molecule has 0 radical (unpaired) electrons. The third-order valence-corrected chi connectivity index (χ3v) is 4.44. The van der Waals surface area contributed by atoms with Crippen molar-refractivity contribution in [2.24, 2.45) is 5.92 Å². The average molecular weight is 395 g/mol. The molecular weight excluding hydrogens is 374 g/mol. The van der Waals surface area contributed by atoms with E-state index in [0.717, 1.165) is 11.1 Å². The lowest BCUT2D eigenvalue weighted by Crippen LogP contribution is -2.39. The Morgan fingerprint density at radius 1 is 1.03 bits per heavy atom. The van der Waals surface area contributed by atoms with Gasteiger partial charge in [-0.2, -0.15) is 5.26 Å². The molecule has 2 aromatic rings. The van der Waals surface area contributed by atoms with Gasteiger partial charge in [0.25, 0.3) is 0 Å². The number of carbonyl (C=O) groups is 3. The van der Waals surface area contributed by atoms with Crippen molar-refractivity contribution < 1.29 is 24.7 Å². The van der Waals surface area contributed by atoms with Crippen LogP contribution in [0.1, 0.15) is 25.3 Å². The summed E-state index contributed by atoms with van der Waals surface area (Å²) < 4.78 is 0. The summed E-state index contributed by atoms with van der Waals surface area (Å²) in [6, 6.07) is 16.3. The molecule has 0 aliphatic rings. The van der Waals surface area contributed by atoms with Gasteiger partial charge in [0.05, 0.1) is 24.0 Å². The van der Waals surface area contributed by atoms with E-state index in [1.807, 2.05) is 24.3 Å². The van der Waals surface area contributed by atoms with Crippen molar-refractivity contribution in [3.8, 4) is 17.2 Å². The molecule has 8 heteroatoms. The molecule has 2 rings (SSSR count). The number of carbonyl (C=O) groups excluding carboxylic acids is 2. The van der Waals surface area contributed by atoms with Crippen LogP contribution in [0.15, 0.2) is 48.5 Å². The molecule has 2 amide bonds. The summed E-state index contributed by atoms with van der Waals surface area (Å²) in [7, 11) is 0. The Hall–Kier alpha value is -3.70. The molecule has 0 aliphatic carbocycles. The van der Waals surface area contributed by atoms with Gasteiger partial charge in [-0.15, -0.1) is 0 Å². The van der Waals surface area contributed by atoms with E-state index in [1.165, 1.54) is 10.4 Å². The van der Waals surface area contributed by atoms with Crippen LogP contribution in [0.2, 0.25) is 0 Å². The molecule has 0 aromatic heterocycles. The first kappa shape index (κ1) is 21.6. The summed E-state index contributed by atoms with van der Waals surface area (Å²) in [5.74, 6) is -3.64. The summed E-state index contributed by atoms with van der Waals surface area (Å²) in [6.07, 6.45) is -0.951. The second kappa shape index (κ2) is 10.0. The van der Waals surface area contributed by atoms with Crippen molar-refractivity contribution in [2.75, 3.05) is 11.4 Å². The number of anilines is 1. The fourth-order valence-electron chi connectivity index (χ4n) is 2.98. The molecule has 8 nitrogen and oxygen atoms in total. The molecule has 29 heavy (non-hydrogen) atoms. The van der Waals surface area contributed by atoms with Crippen LogP contribution in [-0.2, 0) is 14.4 Å². The van der Waals surface area contributed by atoms with E-state index < -0.39 is 36.5 Å². The fraction of sp³-hybridized carbons (Fsp3) is 0.238. The lowest BCUT2D eigenvalue weighted by atomic mass is 9.98. The van der Waals surface area contributed by atoms with E-state index in [2.05, 4.69) is 6.07 Å². The number of nitriles is 1. The van der Waals surface area contributed by atoms with Gasteiger partial charge < -0.3 is 10.0 Å². The van der Waals surface area contributed by atoms with Gasteiger partial charge in [-0.05, 0) is 42.3 Å². The molecule has 0 saturated carbocycles. The third-order valence-electron chi connectivity index (χ3n) is 4.44.